The average Bonchev–Trinajstić information content (AvgIpc) is 2.37. The zero-order valence-corrected chi connectivity index (χ0v) is 10.6. The molecule has 0 spiro atoms. The van der Waals surface area contributed by atoms with Gasteiger partial charge in [0.15, 0.2) is 0 Å². The Balaban J connectivity index is 2.06. The maximum atomic E-state index is 13.4. The van der Waals surface area contributed by atoms with Gasteiger partial charge in [0.25, 0.3) is 0 Å². The molecule has 1 unspecified atom stereocenters. The normalized spacial score (nSPS) is 23.4. The summed E-state index contributed by atoms with van der Waals surface area (Å²) in [4.78, 5) is 0. The molecule has 1 aromatic rings. The topological polar surface area (TPSA) is 47.9 Å². The van der Waals surface area contributed by atoms with Crippen LogP contribution >= 0.6 is 0 Å². The predicted octanol–water partition coefficient (Wildman–Crippen LogP) is 2.50. The minimum absolute atomic E-state index is 0.102. The fraction of sp³-hybridized carbons (Fsp3) is 0.500. The zero-order valence-electron chi connectivity index (χ0n) is 10.6. The molecule has 4 heteroatoms. The summed E-state index contributed by atoms with van der Waals surface area (Å²) in [5.74, 6) is -0.463. The van der Waals surface area contributed by atoms with Crippen molar-refractivity contribution in [3.8, 4) is 6.07 Å². The molecule has 0 amide bonds. The fourth-order valence-electron chi connectivity index (χ4n) is 2.36. The van der Waals surface area contributed by atoms with Crippen LogP contribution in [0.15, 0.2) is 18.2 Å². The number of hydrogen-bond acceptors (Lipinski definition) is 3. The summed E-state index contributed by atoms with van der Waals surface area (Å²) in [6.07, 6.45) is 2.30. The fourth-order valence-corrected chi connectivity index (χ4v) is 2.36. The SMILES string of the molecule is CC1(CNc2cccc(F)c2C#N)CCCNC1. The van der Waals surface area contributed by atoms with E-state index < -0.39 is 5.82 Å². The summed E-state index contributed by atoms with van der Waals surface area (Å²) >= 11 is 0. The molecule has 3 nitrogen and oxygen atoms in total. The highest BCUT2D eigenvalue weighted by Crippen LogP contribution is 2.27. The van der Waals surface area contributed by atoms with E-state index in [-0.39, 0.29) is 11.0 Å². The number of benzene rings is 1. The van der Waals surface area contributed by atoms with Crippen molar-refractivity contribution in [1.82, 2.24) is 5.32 Å². The molecular weight excluding hydrogens is 229 g/mol. The van der Waals surface area contributed by atoms with Gasteiger partial charge in [-0.1, -0.05) is 13.0 Å². The first-order valence-electron chi connectivity index (χ1n) is 6.28. The molecule has 1 atom stereocenters. The van der Waals surface area contributed by atoms with Crippen molar-refractivity contribution in [2.75, 3.05) is 25.0 Å². The molecule has 1 aliphatic rings. The van der Waals surface area contributed by atoms with Gasteiger partial charge in [0.1, 0.15) is 17.4 Å². The standard InChI is InChI=1S/C14H18FN3/c1-14(6-3-7-17-9-14)10-18-13-5-2-4-12(15)11(13)8-16/h2,4-5,17-18H,3,6-7,9-10H2,1H3. The van der Waals surface area contributed by atoms with Crippen molar-refractivity contribution in [3.63, 3.8) is 0 Å². The smallest absolute Gasteiger partial charge is 0.143 e. The number of anilines is 1. The second kappa shape index (κ2) is 5.36. The zero-order chi connectivity index (χ0) is 13.0. The quantitative estimate of drug-likeness (QED) is 0.862. The molecule has 1 heterocycles. The van der Waals surface area contributed by atoms with Gasteiger partial charge >= 0.3 is 0 Å². The van der Waals surface area contributed by atoms with Crippen LogP contribution in [0.2, 0.25) is 0 Å². The molecule has 0 saturated carbocycles. The molecule has 0 radical (unpaired) electrons. The minimum Gasteiger partial charge on any atom is -0.383 e. The second-order valence-electron chi connectivity index (χ2n) is 5.22. The number of hydrogen-bond donors (Lipinski definition) is 2. The Labute approximate surface area is 107 Å². The first-order chi connectivity index (χ1) is 8.64. The van der Waals surface area contributed by atoms with Crippen LogP contribution in [0.1, 0.15) is 25.3 Å². The maximum Gasteiger partial charge on any atom is 0.143 e. The summed E-state index contributed by atoms with van der Waals surface area (Å²) in [7, 11) is 0. The van der Waals surface area contributed by atoms with Crippen LogP contribution in [0.3, 0.4) is 0 Å². The van der Waals surface area contributed by atoms with Gasteiger partial charge in [-0.3, -0.25) is 0 Å². The van der Waals surface area contributed by atoms with E-state index in [1.165, 1.54) is 6.07 Å². The van der Waals surface area contributed by atoms with Gasteiger partial charge in [-0.2, -0.15) is 5.26 Å². The molecule has 1 fully saturated rings. The number of nitrogens with zero attached hydrogens (tertiary/aromatic N) is 1. The Hall–Kier alpha value is -1.60. The Bertz CT molecular complexity index is 459. The van der Waals surface area contributed by atoms with Gasteiger partial charge < -0.3 is 10.6 Å². The predicted molar refractivity (Wildman–Crippen MR) is 69.8 cm³/mol. The van der Waals surface area contributed by atoms with Crippen molar-refractivity contribution >= 4 is 5.69 Å². The lowest BCUT2D eigenvalue weighted by atomic mass is 9.82. The lowest BCUT2D eigenvalue weighted by molar-refractivity contribution is 0.253. The number of nitriles is 1. The molecule has 1 aliphatic heterocycles. The molecule has 2 rings (SSSR count). The number of piperidine rings is 1. The molecular formula is C14H18FN3. The highest BCUT2D eigenvalue weighted by Gasteiger charge is 2.26. The third-order valence-electron chi connectivity index (χ3n) is 3.52. The molecule has 1 saturated heterocycles. The van der Waals surface area contributed by atoms with Crippen molar-refractivity contribution in [3.05, 3.63) is 29.6 Å². The third-order valence-corrected chi connectivity index (χ3v) is 3.52. The van der Waals surface area contributed by atoms with E-state index in [0.717, 1.165) is 32.5 Å². The van der Waals surface area contributed by atoms with E-state index in [4.69, 9.17) is 5.26 Å². The monoisotopic (exact) mass is 247 g/mol. The molecule has 2 N–H and O–H groups in total. The number of halogens is 1. The number of rotatable bonds is 3. The van der Waals surface area contributed by atoms with Crippen molar-refractivity contribution in [2.24, 2.45) is 5.41 Å². The van der Waals surface area contributed by atoms with Gasteiger partial charge in [-0.15, -0.1) is 0 Å². The third kappa shape index (κ3) is 2.80. The summed E-state index contributed by atoms with van der Waals surface area (Å²) in [6.45, 7) is 4.98. The highest BCUT2D eigenvalue weighted by atomic mass is 19.1. The molecule has 18 heavy (non-hydrogen) atoms. The molecule has 0 aromatic heterocycles. The van der Waals surface area contributed by atoms with Crippen molar-refractivity contribution in [1.29, 1.82) is 5.26 Å². The van der Waals surface area contributed by atoms with E-state index in [0.29, 0.717) is 5.69 Å². The second-order valence-corrected chi connectivity index (χ2v) is 5.22. The minimum atomic E-state index is -0.463. The first kappa shape index (κ1) is 12.8. The van der Waals surface area contributed by atoms with Crippen LogP contribution in [0.4, 0.5) is 10.1 Å². The van der Waals surface area contributed by atoms with E-state index in [1.807, 2.05) is 6.07 Å². The molecule has 0 aliphatic carbocycles. The van der Waals surface area contributed by atoms with Crippen molar-refractivity contribution < 1.29 is 4.39 Å². The van der Waals surface area contributed by atoms with Gasteiger partial charge in [0.2, 0.25) is 0 Å². The van der Waals surface area contributed by atoms with E-state index in [1.54, 1.807) is 12.1 Å². The molecule has 96 valence electrons. The van der Waals surface area contributed by atoms with Gasteiger partial charge in [-0.25, -0.2) is 4.39 Å². The largest absolute Gasteiger partial charge is 0.383 e. The summed E-state index contributed by atoms with van der Waals surface area (Å²) < 4.78 is 13.4. The van der Waals surface area contributed by atoms with Crippen LogP contribution in [-0.2, 0) is 0 Å². The van der Waals surface area contributed by atoms with Gasteiger partial charge in [-0.05, 0) is 36.9 Å². The van der Waals surface area contributed by atoms with Gasteiger partial charge in [0.05, 0.1) is 5.69 Å². The first-order valence-corrected chi connectivity index (χ1v) is 6.28. The Kier molecular flexibility index (Phi) is 3.83. The van der Waals surface area contributed by atoms with E-state index in [9.17, 15) is 4.39 Å². The van der Waals surface area contributed by atoms with Crippen LogP contribution in [0.5, 0.6) is 0 Å². The van der Waals surface area contributed by atoms with Crippen LogP contribution in [0, 0.1) is 22.6 Å². The average molecular weight is 247 g/mol. The Morgan fingerprint density at radius 3 is 3.06 bits per heavy atom. The lowest BCUT2D eigenvalue weighted by Crippen LogP contribution is -2.42. The molecule has 1 aromatic carbocycles. The Morgan fingerprint density at radius 2 is 2.39 bits per heavy atom. The summed E-state index contributed by atoms with van der Waals surface area (Å²) in [6, 6.07) is 6.60. The highest BCUT2D eigenvalue weighted by molar-refractivity contribution is 5.57. The lowest BCUT2D eigenvalue weighted by Gasteiger charge is -2.34. The summed E-state index contributed by atoms with van der Waals surface area (Å²) in [5.41, 5.74) is 0.853. The van der Waals surface area contributed by atoms with Crippen LogP contribution < -0.4 is 10.6 Å². The Morgan fingerprint density at radius 1 is 1.56 bits per heavy atom. The number of nitrogens with one attached hydrogen (secondary N) is 2. The van der Waals surface area contributed by atoms with E-state index in [2.05, 4.69) is 17.6 Å². The van der Waals surface area contributed by atoms with E-state index >= 15 is 0 Å². The van der Waals surface area contributed by atoms with Crippen molar-refractivity contribution in [2.45, 2.75) is 19.8 Å². The maximum absolute atomic E-state index is 13.4. The van der Waals surface area contributed by atoms with Gasteiger partial charge in [0, 0.05) is 13.1 Å². The summed E-state index contributed by atoms with van der Waals surface area (Å²) in [5, 5.41) is 15.5. The van der Waals surface area contributed by atoms with Crippen LogP contribution in [-0.4, -0.2) is 19.6 Å². The molecule has 0 bridgehead atoms. The van der Waals surface area contributed by atoms with Crippen LogP contribution in [0.25, 0.3) is 0 Å².